The molecule has 5 nitrogen and oxygen atoms in total. The van der Waals surface area contributed by atoms with Gasteiger partial charge >= 0.3 is 11.9 Å². The lowest BCUT2D eigenvalue weighted by Gasteiger charge is -2.54. The molecule has 3 unspecified atom stereocenters. The van der Waals surface area contributed by atoms with Crippen molar-refractivity contribution in [2.75, 3.05) is 6.61 Å². The molecule has 2 bridgehead atoms. The molecule has 3 rings (SSSR count). The maximum absolute atomic E-state index is 11.9. The number of carbonyl (C=O) groups is 2. The van der Waals surface area contributed by atoms with Gasteiger partial charge < -0.3 is 9.84 Å². The predicted molar refractivity (Wildman–Crippen MR) is 60.5 cm³/mol. The Bertz CT molecular complexity index is 322. The van der Waals surface area contributed by atoms with Crippen LogP contribution in [0.2, 0.25) is 0 Å². The van der Waals surface area contributed by atoms with Crippen LogP contribution >= 0.6 is 0 Å². The third kappa shape index (κ3) is 2.04. The second kappa shape index (κ2) is 4.64. The first-order chi connectivity index (χ1) is 8.10. The molecule has 0 aromatic heterocycles. The Kier molecular flexibility index (Phi) is 3.38. The van der Waals surface area contributed by atoms with Gasteiger partial charge in [0, 0.05) is 6.04 Å². The number of carbonyl (C=O) groups excluding carboxylic acids is 1. The normalized spacial score (nSPS) is 34.9. The molecule has 0 radical (unpaired) electrons. The summed E-state index contributed by atoms with van der Waals surface area (Å²) in [5.41, 5.74) is -1.05. The summed E-state index contributed by atoms with van der Waals surface area (Å²) in [6.45, 7) is 2.41. The summed E-state index contributed by atoms with van der Waals surface area (Å²) in [5.74, 6) is -1.81. The molecule has 3 atom stereocenters. The van der Waals surface area contributed by atoms with Gasteiger partial charge in [-0.3, -0.25) is 14.9 Å². The van der Waals surface area contributed by atoms with Crippen LogP contribution in [0.4, 0.5) is 0 Å². The number of nitrogens with one attached hydrogen (secondary N) is 1. The molecular weight excluding hydrogens is 222 g/mol. The Balaban J connectivity index is 1.98. The number of esters is 1. The van der Waals surface area contributed by atoms with E-state index in [-0.39, 0.29) is 12.0 Å². The van der Waals surface area contributed by atoms with Gasteiger partial charge in [0.05, 0.1) is 12.5 Å². The van der Waals surface area contributed by atoms with Crippen molar-refractivity contribution in [2.24, 2.45) is 5.92 Å². The molecule has 96 valence electrons. The lowest BCUT2D eigenvalue weighted by molar-refractivity contribution is -0.172. The fourth-order valence-electron chi connectivity index (χ4n) is 2.80. The molecular formula is C12H19NO4. The standard InChI is InChI=1S/C12H19NO4/c1-2-3-6-17-10(14)9-5-4-8-7-12(9,13-8)11(15)16/h8-9,13H,2-7H2,1H3,(H,15,16). The summed E-state index contributed by atoms with van der Waals surface area (Å²) in [7, 11) is 0. The van der Waals surface area contributed by atoms with E-state index in [0.29, 0.717) is 19.4 Å². The van der Waals surface area contributed by atoms with E-state index in [9.17, 15) is 14.7 Å². The number of hydrogen-bond donors (Lipinski definition) is 2. The first-order valence-electron chi connectivity index (χ1n) is 6.28. The third-order valence-electron chi connectivity index (χ3n) is 3.84. The molecule has 0 spiro atoms. The van der Waals surface area contributed by atoms with E-state index < -0.39 is 17.4 Å². The largest absolute Gasteiger partial charge is 0.480 e. The maximum Gasteiger partial charge on any atom is 0.324 e. The van der Waals surface area contributed by atoms with E-state index in [4.69, 9.17) is 4.74 Å². The average Bonchev–Trinajstić information content (AvgIpc) is 2.27. The van der Waals surface area contributed by atoms with Gasteiger partial charge in [-0.2, -0.15) is 0 Å². The van der Waals surface area contributed by atoms with Gasteiger partial charge in [0.15, 0.2) is 0 Å². The maximum atomic E-state index is 11.9. The molecule has 2 N–H and O–H groups in total. The Morgan fingerprint density at radius 2 is 2.18 bits per heavy atom. The van der Waals surface area contributed by atoms with Crippen LogP contribution in [0.3, 0.4) is 0 Å². The molecule has 1 saturated carbocycles. The Labute approximate surface area is 101 Å². The molecule has 17 heavy (non-hydrogen) atoms. The van der Waals surface area contributed by atoms with Crippen LogP contribution in [0, 0.1) is 5.92 Å². The van der Waals surface area contributed by atoms with Crippen LogP contribution in [0.5, 0.6) is 0 Å². The number of ether oxygens (including phenoxy) is 1. The van der Waals surface area contributed by atoms with Gasteiger partial charge in [-0.15, -0.1) is 0 Å². The van der Waals surface area contributed by atoms with Crippen LogP contribution in [0.25, 0.3) is 0 Å². The van der Waals surface area contributed by atoms with Crippen LogP contribution in [0.15, 0.2) is 0 Å². The Morgan fingerprint density at radius 1 is 1.47 bits per heavy atom. The second-order valence-corrected chi connectivity index (χ2v) is 4.97. The summed E-state index contributed by atoms with van der Waals surface area (Å²) >= 11 is 0. The summed E-state index contributed by atoms with van der Waals surface area (Å²) in [6.07, 6.45) is 3.82. The zero-order valence-corrected chi connectivity index (χ0v) is 10.1. The van der Waals surface area contributed by atoms with E-state index in [2.05, 4.69) is 5.32 Å². The highest BCUT2D eigenvalue weighted by atomic mass is 16.5. The second-order valence-electron chi connectivity index (χ2n) is 4.97. The van der Waals surface area contributed by atoms with Gasteiger partial charge in [-0.1, -0.05) is 13.3 Å². The first-order valence-corrected chi connectivity index (χ1v) is 6.28. The number of fused-ring (bicyclic) bond motifs is 2. The van der Waals surface area contributed by atoms with E-state index in [1.807, 2.05) is 6.92 Å². The van der Waals surface area contributed by atoms with E-state index >= 15 is 0 Å². The molecule has 2 aliphatic heterocycles. The molecule has 3 fully saturated rings. The third-order valence-corrected chi connectivity index (χ3v) is 3.84. The topological polar surface area (TPSA) is 75.6 Å². The van der Waals surface area contributed by atoms with Crippen molar-refractivity contribution in [1.29, 1.82) is 0 Å². The smallest absolute Gasteiger partial charge is 0.324 e. The van der Waals surface area contributed by atoms with Crippen molar-refractivity contribution in [3.8, 4) is 0 Å². The minimum atomic E-state index is -1.05. The number of carboxylic acids is 1. The molecule has 1 aliphatic carbocycles. The number of rotatable bonds is 5. The minimum Gasteiger partial charge on any atom is -0.480 e. The van der Waals surface area contributed by atoms with E-state index in [0.717, 1.165) is 19.3 Å². The van der Waals surface area contributed by atoms with Gasteiger partial charge in [0.25, 0.3) is 0 Å². The van der Waals surface area contributed by atoms with E-state index in [1.165, 1.54) is 0 Å². The van der Waals surface area contributed by atoms with Crippen molar-refractivity contribution in [2.45, 2.75) is 50.6 Å². The minimum absolute atomic E-state index is 0.269. The predicted octanol–water partition coefficient (Wildman–Crippen LogP) is 0.925. The quantitative estimate of drug-likeness (QED) is 0.553. The van der Waals surface area contributed by atoms with Crippen LogP contribution in [0.1, 0.15) is 39.0 Å². The highest BCUT2D eigenvalue weighted by molar-refractivity contribution is 5.89. The van der Waals surface area contributed by atoms with Crippen molar-refractivity contribution in [3.05, 3.63) is 0 Å². The van der Waals surface area contributed by atoms with Gasteiger partial charge in [0.2, 0.25) is 0 Å². The van der Waals surface area contributed by atoms with Gasteiger partial charge in [-0.05, 0) is 25.7 Å². The summed E-state index contributed by atoms with van der Waals surface area (Å²) < 4.78 is 5.15. The average molecular weight is 241 g/mol. The van der Waals surface area contributed by atoms with Crippen molar-refractivity contribution in [3.63, 3.8) is 0 Å². The summed E-state index contributed by atoms with van der Waals surface area (Å²) in [6, 6.07) is 0.269. The number of hydrogen-bond acceptors (Lipinski definition) is 4. The van der Waals surface area contributed by atoms with Crippen molar-refractivity contribution in [1.82, 2.24) is 5.32 Å². The Morgan fingerprint density at radius 3 is 2.76 bits per heavy atom. The fraction of sp³-hybridized carbons (Fsp3) is 0.833. The molecule has 2 saturated heterocycles. The molecule has 3 aliphatic rings. The van der Waals surface area contributed by atoms with Crippen LogP contribution in [-0.4, -0.2) is 35.2 Å². The number of unbranched alkanes of at least 4 members (excludes halogenated alkanes) is 1. The van der Waals surface area contributed by atoms with Gasteiger partial charge in [-0.25, -0.2) is 0 Å². The lowest BCUT2D eigenvalue weighted by atomic mass is 9.64. The molecule has 0 amide bonds. The number of aliphatic carboxylic acids is 1. The lowest BCUT2D eigenvalue weighted by Crippen LogP contribution is -2.75. The van der Waals surface area contributed by atoms with Crippen molar-refractivity contribution >= 4 is 11.9 Å². The molecule has 0 aromatic carbocycles. The number of piperidine rings is 1. The first kappa shape index (κ1) is 12.4. The number of carboxylic acid groups (broad SMARTS) is 1. The van der Waals surface area contributed by atoms with Crippen LogP contribution < -0.4 is 5.32 Å². The highest BCUT2D eigenvalue weighted by Crippen LogP contribution is 2.43. The molecule has 5 heteroatoms. The monoisotopic (exact) mass is 241 g/mol. The Hall–Kier alpha value is -1.10. The highest BCUT2D eigenvalue weighted by Gasteiger charge is 2.61. The summed E-state index contributed by atoms with van der Waals surface area (Å²) in [5, 5.41) is 12.3. The zero-order valence-electron chi connectivity index (χ0n) is 10.1. The van der Waals surface area contributed by atoms with Gasteiger partial charge in [0.1, 0.15) is 5.54 Å². The zero-order chi connectivity index (χ0) is 12.5. The molecule has 2 heterocycles. The van der Waals surface area contributed by atoms with E-state index in [1.54, 1.807) is 0 Å². The fourth-order valence-corrected chi connectivity index (χ4v) is 2.80. The van der Waals surface area contributed by atoms with Crippen LogP contribution in [-0.2, 0) is 14.3 Å². The van der Waals surface area contributed by atoms with Crippen molar-refractivity contribution < 1.29 is 19.4 Å². The molecule has 0 aromatic rings. The SMILES string of the molecule is CCCCOC(=O)C1CCC2CC1(C(=O)O)N2. The summed E-state index contributed by atoms with van der Waals surface area (Å²) in [4.78, 5) is 23.2.